The van der Waals surface area contributed by atoms with Gasteiger partial charge in [0.25, 0.3) is 13.4 Å². The van der Waals surface area contributed by atoms with Crippen molar-refractivity contribution in [3.63, 3.8) is 0 Å². The second kappa shape index (κ2) is 22.1. The van der Waals surface area contributed by atoms with E-state index < -0.39 is 0 Å². The predicted molar refractivity (Wildman–Crippen MR) is 426 cm³/mol. The van der Waals surface area contributed by atoms with Crippen LogP contribution in [0.3, 0.4) is 0 Å². The van der Waals surface area contributed by atoms with Crippen molar-refractivity contribution >= 4 is 89.8 Å². The first-order valence-corrected chi connectivity index (χ1v) is 37.6. The van der Waals surface area contributed by atoms with E-state index in [4.69, 9.17) is 9.47 Å². The molecule has 19 rings (SSSR count). The largest absolute Gasteiger partial charge is 0.456 e. The van der Waals surface area contributed by atoms with Crippen molar-refractivity contribution in [2.45, 2.75) is 181 Å². The van der Waals surface area contributed by atoms with Crippen LogP contribution in [-0.4, -0.2) is 22.6 Å². The number of hydrogen-bond donors (Lipinski definition) is 0. The smallest absolute Gasteiger partial charge is 0.256 e. The van der Waals surface area contributed by atoms with Gasteiger partial charge < -0.3 is 18.6 Å². The van der Waals surface area contributed by atoms with Gasteiger partial charge in [-0.3, -0.25) is 0 Å². The summed E-state index contributed by atoms with van der Waals surface area (Å²) in [5.74, 6) is 4.75. The maximum atomic E-state index is 8.15. The van der Waals surface area contributed by atoms with Gasteiger partial charge in [-0.15, -0.1) is 0 Å². The molecule has 0 amide bonds. The van der Waals surface area contributed by atoms with E-state index in [0.29, 0.717) is 11.8 Å². The summed E-state index contributed by atoms with van der Waals surface area (Å²) in [5, 5.41) is 4.97. The van der Waals surface area contributed by atoms with Crippen molar-refractivity contribution in [3.8, 4) is 78.9 Å². The van der Waals surface area contributed by atoms with E-state index in [0.717, 1.165) is 45.4 Å². The van der Waals surface area contributed by atoms with Crippen LogP contribution in [0.2, 0.25) is 0 Å². The van der Waals surface area contributed by atoms with Crippen LogP contribution in [0.1, 0.15) is 193 Å². The summed E-state index contributed by atoms with van der Waals surface area (Å²) in [6.45, 7) is 27.4. The van der Waals surface area contributed by atoms with Crippen LogP contribution in [0.25, 0.3) is 99.5 Å². The molecule has 0 spiro atoms. The first kappa shape index (κ1) is 61.8. The number of benzene rings is 11. The lowest BCUT2D eigenvalue weighted by molar-refractivity contribution is 0.442. The molecule has 0 unspecified atom stereocenters. The summed E-state index contributed by atoms with van der Waals surface area (Å²) in [6, 6.07) is 77.2. The van der Waals surface area contributed by atoms with Crippen LogP contribution in [0.4, 0.5) is 0 Å². The lowest BCUT2D eigenvalue weighted by atomic mass is 9.31. The van der Waals surface area contributed by atoms with Gasteiger partial charge in [0.15, 0.2) is 0 Å². The van der Waals surface area contributed by atoms with Crippen LogP contribution < -0.4 is 42.3 Å². The molecule has 11 aromatic carbocycles. The Morgan fingerprint density at radius 1 is 0.300 bits per heavy atom. The second-order valence-corrected chi connectivity index (χ2v) is 34.9. The van der Waals surface area contributed by atoms with E-state index in [1.54, 1.807) is 0 Å². The average Bonchev–Trinajstić information content (AvgIpc) is 1.32. The van der Waals surface area contributed by atoms with E-state index in [9.17, 15) is 0 Å². The van der Waals surface area contributed by atoms with Crippen LogP contribution in [0.5, 0.6) is 23.0 Å². The number of fused-ring (bicyclic) bond motifs is 16. The molecule has 4 aliphatic heterocycles. The summed E-state index contributed by atoms with van der Waals surface area (Å²) in [6.07, 6.45) is 12.5. The molecule has 2 aromatic heterocycles. The van der Waals surface area contributed by atoms with Crippen molar-refractivity contribution < 1.29 is 9.47 Å². The van der Waals surface area contributed by atoms with Crippen LogP contribution in [0, 0.1) is 0 Å². The normalized spacial score (nSPS) is 15.8. The SMILES string of the molecule is CC(C)(C)c1ccc(-c2ccc3c(c2)c2cc(-c4ccc(C(C)(C)C)cc4)cc4c2n3-c2c3c5c(c6c2B4c2cc(C4CCCCC4)ccc2O6)-n2c4ccc(-c6ccc(C(C)(C)C)cc6)cc4c4cc(-c6ccc(C(C)(C)C)cc6)cc(c42)B5c2cc(C4CCCCC4)ccc2O3)cc1. The highest BCUT2D eigenvalue weighted by atomic mass is 16.5. The monoisotopic (exact) mass is 1300 g/mol. The minimum Gasteiger partial charge on any atom is -0.456 e. The summed E-state index contributed by atoms with van der Waals surface area (Å²) in [7, 11) is 0. The summed E-state index contributed by atoms with van der Waals surface area (Å²) < 4.78 is 21.6. The van der Waals surface area contributed by atoms with E-state index in [-0.39, 0.29) is 35.1 Å². The summed E-state index contributed by atoms with van der Waals surface area (Å²) in [5.41, 5.74) is 32.5. The van der Waals surface area contributed by atoms with Crippen LogP contribution >= 0.6 is 0 Å². The van der Waals surface area contributed by atoms with Crippen molar-refractivity contribution in [1.29, 1.82) is 0 Å². The van der Waals surface area contributed by atoms with E-state index in [1.165, 1.54) is 207 Å². The Labute approximate surface area is 592 Å². The molecule has 2 saturated carbocycles. The van der Waals surface area contributed by atoms with Crippen LogP contribution in [0.15, 0.2) is 194 Å². The first-order chi connectivity index (χ1) is 48.1. The molecule has 2 fully saturated rings. The lowest BCUT2D eigenvalue weighted by Crippen LogP contribution is -2.63. The topological polar surface area (TPSA) is 28.3 Å². The molecule has 100 heavy (non-hydrogen) atoms. The van der Waals surface area contributed by atoms with Crippen molar-refractivity contribution in [3.05, 3.63) is 228 Å². The quantitative estimate of drug-likeness (QED) is 0.155. The van der Waals surface area contributed by atoms with Gasteiger partial charge >= 0.3 is 0 Å². The minimum absolute atomic E-state index is 0.0164. The lowest BCUT2D eigenvalue weighted by Gasteiger charge is -2.41. The fourth-order valence-corrected chi connectivity index (χ4v) is 18.8. The predicted octanol–water partition coefficient (Wildman–Crippen LogP) is 21.7. The highest BCUT2D eigenvalue weighted by Crippen LogP contribution is 2.51. The number of rotatable bonds is 6. The molecule has 6 aliphatic rings. The van der Waals surface area contributed by atoms with Gasteiger partial charge in [0.1, 0.15) is 23.0 Å². The third kappa shape index (κ3) is 9.60. The number of aromatic nitrogens is 2. The zero-order valence-corrected chi connectivity index (χ0v) is 60.6. The van der Waals surface area contributed by atoms with Crippen molar-refractivity contribution in [2.75, 3.05) is 0 Å². The Bertz CT molecular complexity index is 5220. The van der Waals surface area contributed by atoms with Gasteiger partial charge in [0.05, 0.1) is 22.4 Å². The second-order valence-electron chi connectivity index (χ2n) is 34.9. The Balaban J connectivity index is 0.953. The molecule has 0 saturated heterocycles. The fourth-order valence-electron chi connectivity index (χ4n) is 18.8. The summed E-state index contributed by atoms with van der Waals surface area (Å²) >= 11 is 0. The molecule has 6 heterocycles. The van der Waals surface area contributed by atoms with E-state index in [2.05, 4.69) is 286 Å². The Kier molecular flexibility index (Phi) is 13.7. The molecule has 0 atom stereocenters. The molecular formula is C94H90B2N2O2. The molecule has 0 radical (unpaired) electrons. The fraction of sp³-hybridized carbons (Fsp3) is 0.298. The molecule has 494 valence electrons. The maximum absolute atomic E-state index is 8.15. The standard InChI is InChI=1S/C94H90B2N2O2/c1-91(2,3)67-35-23-57(24-36-67)61-31-43-79-71(47-61)73-49-65(59-27-39-69(40-28-59)93(7,8)9)53-77-85(73)97(79)87-83-90(100-81-45-33-63(51-75(81)95(77)83)55-19-15-13-16-20-55)88-84-89(87)99-82-46-34-64(56-21-17-14-18-22-56)52-76(82)96(84)78-54-66(60-29-41-70(42-30-60)94(10,11)12)50-74-72-48-62(32-44-80(72)98(88)86(74)78)58-25-37-68(38-26-58)92(4,5)6/h23-56H,13-22H2,1-12H3. The Hall–Kier alpha value is -9.25. The van der Waals surface area contributed by atoms with Gasteiger partial charge in [0, 0.05) is 43.5 Å². The van der Waals surface area contributed by atoms with Gasteiger partial charge in [0.2, 0.25) is 0 Å². The number of hydrogen-bond acceptors (Lipinski definition) is 2. The molecule has 0 bridgehead atoms. The highest BCUT2D eigenvalue weighted by molar-refractivity contribution is 7.02. The third-order valence-electron chi connectivity index (χ3n) is 24.5. The van der Waals surface area contributed by atoms with Gasteiger partial charge in [-0.05, 0) is 207 Å². The third-order valence-corrected chi connectivity index (χ3v) is 24.5. The first-order valence-electron chi connectivity index (χ1n) is 37.6. The summed E-state index contributed by atoms with van der Waals surface area (Å²) in [4.78, 5) is 0. The highest BCUT2D eigenvalue weighted by Gasteiger charge is 2.51. The average molecular weight is 1300 g/mol. The van der Waals surface area contributed by atoms with E-state index in [1.807, 2.05) is 0 Å². The van der Waals surface area contributed by atoms with Gasteiger partial charge in [-0.25, -0.2) is 0 Å². The number of nitrogens with zero attached hydrogens (tertiary/aromatic N) is 2. The Morgan fingerprint density at radius 3 is 0.940 bits per heavy atom. The molecule has 4 nitrogen and oxygen atoms in total. The van der Waals surface area contributed by atoms with Crippen molar-refractivity contribution in [1.82, 2.24) is 9.13 Å². The zero-order chi connectivity index (χ0) is 68.2. The van der Waals surface area contributed by atoms with Gasteiger partial charge in [-0.1, -0.05) is 267 Å². The molecule has 2 aliphatic carbocycles. The molecular weight excluding hydrogens is 1210 g/mol. The van der Waals surface area contributed by atoms with Gasteiger partial charge in [-0.2, -0.15) is 0 Å². The maximum Gasteiger partial charge on any atom is 0.256 e. The molecule has 6 heteroatoms. The van der Waals surface area contributed by atoms with Crippen molar-refractivity contribution in [2.24, 2.45) is 0 Å². The zero-order valence-electron chi connectivity index (χ0n) is 60.6. The Morgan fingerprint density at radius 2 is 0.610 bits per heavy atom. The minimum atomic E-state index is -0.201. The molecule has 0 N–H and O–H groups in total. The number of ether oxygens (including phenoxy) is 2. The van der Waals surface area contributed by atoms with E-state index >= 15 is 0 Å². The van der Waals surface area contributed by atoms with Crippen LogP contribution in [-0.2, 0) is 21.7 Å². The molecule has 13 aromatic rings.